The van der Waals surface area contributed by atoms with Crippen LogP contribution >= 0.6 is 11.6 Å². The van der Waals surface area contributed by atoms with Crippen LogP contribution in [-0.4, -0.2) is 17.6 Å². The standard InChI is InChI=1S/C4H6ClNO2/c5-3(2-6)1-4(7)8/h1H,2,6H2,(H,7,8)/b3-1+. The van der Waals surface area contributed by atoms with Crippen molar-refractivity contribution in [3.8, 4) is 0 Å². The number of nitrogens with two attached hydrogens (primary N) is 1. The van der Waals surface area contributed by atoms with Crippen LogP contribution in [0.25, 0.3) is 0 Å². The molecule has 0 unspecified atom stereocenters. The Balaban J connectivity index is 3.75. The molecule has 0 aromatic rings. The van der Waals surface area contributed by atoms with Crippen LogP contribution in [0.2, 0.25) is 0 Å². The van der Waals surface area contributed by atoms with Gasteiger partial charge in [-0.1, -0.05) is 11.6 Å². The Morgan fingerprint density at radius 3 is 2.50 bits per heavy atom. The van der Waals surface area contributed by atoms with Crippen molar-refractivity contribution in [1.82, 2.24) is 0 Å². The Labute approximate surface area is 51.7 Å². The van der Waals surface area contributed by atoms with Gasteiger partial charge in [-0.3, -0.25) is 0 Å². The maximum absolute atomic E-state index is 9.75. The Bertz CT molecular complexity index is 121. The van der Waals surface area contributed by atoms with Gasteiger partial charge in [0.25, 0.3) is 0 Å². The van der Waals surface area contributed by atoms with Crippen LogP contribution < -0.4 is 5.73 Å². The highest BCUT2D eigenvalue weighted by atomic mass is 35.5. The predicted octanol–water partition coefficient (Wildman–Crippen LogP) is 0.152. The van der Waals surface area contributed by atoms with Gasteiger partial charge in [-0.2, -0.15) is 0 Å². The van der Waals surface area contributed by atoms with E-state index in [9.17, 15) is 4.79 Å². The van der Waals surface area contributed by atoms with Crippen molar-refractivity contribution >= 4 is 17.6 Å². The van der Waals surface area contributed by atoms with E-state index in [4.69, 9.17) is 22.4 Å². The van der Waals surface area contributed by atoms with Gasteiger partial charge in [0.1, 0.15) is 0 Å². The number of rotatable bonds is 2. The summed E-state index contributed by atoms with van der Waals surface area (Å²) in [6, 6.07) is 0. The first-order chi connectivity index (χ1) is 3.66. The number of hydrogen-bond acceptors (Lipinski definition) is 2. The van der Waals surface area contributed by atoms with Crippen LogP contribution in [0, 0.1) is 0 Å². The van der Waals surface area contributed by atoms with Gasteiger partial charge in [-0.15, -0.1) is 0 Å². The SMILES string of the molecule is NC/C(Cl)=C\C(=O)O. The first-order valence-electron chi connectivity index (χ1n) is 1.96. The molecule has 46 valence electrons. The molecule has 0 aromatic carbocycles. The van der Waals surface area contributed by atoms with E-state index in [2.05, 4.69) is 0 Å². The zero-order valence-corrected chi connectivity index (χ0v) is 4.85. The second-order valence-electron chi connectivity index (χ2n) is 1.13. The van der Waals surface area contributed by atoms with Gasteiger partial charge in [0.05, 0.1) is 0 Å². The van der Waals surface area contributed by atoms with Crippen molar-refractivity contribution in [1.29, 1.82) is 0 Å². The lowest BCUT2D eigenvalue weighted by Gasteiger charge is -1.85. The lowest BCUT2D eigenvalue weighted by molar-refractivity contribution is -0.131. The fraction of sp³-hybridized carbons (Fsp3) is 0.250. The molecule has 0 rings (SSSR count). The Morgan fingerprint density at radius 1 is 1.88 bits per heavy atom. The molecule has 0 atom stereocenters. The van der Waals surface area contributed by atoms with Crippen molar-refractivity contribution in [3.63, 3.8) is 0 Å². The highest BCUT2D eigenvalue weighted by Crippen LogP contribution is 1.95. The lowest BCUT2D eigenvalue weighted by Crippen LogP contribution is -2.00. The molecule has 4 heteroatoms. The van der Waals surface area contributed by atoms with Gasteiger partial charge in [0.2, 0.25) is 0 Å². The van der Waals surface area contributed by atoms with Gasteiger partial charge in [0.15, 0.2) is 0 Å². The molecule has 0 saturated carbocycles. The van der Waals surface area contributed by atoms with E-state index in [1.54, 1.807) is 0 Å². The van der Waals surface area contributed by atoms with E-state index in [0.717, 1.165) is 6.08 Å². The van der Waals surface area contributed by atoms with Crippen molar-refractivity contribution in [2.24, 2.45) is 5.73 Å². The summed E-state index contributed by atoms with van der Waals surface area (Å²) in [6.07, 6.45) is 0.863. The van der Waals surface area contributed by atoms with Crippen LogP contribution in [0.3, 0.4) is 0 Å². The fourth-order valence-electron chi connectivity index (χ4n) is 0.193. The summed E-state index contributed by atoms with van der Waals surface area (Å²) in [5.74, 6) is -1.07. The maximum Gasteiger partial charge on any atom is 0.329 e. The van der Waals surface area contributed by atoms with E-state index < -0.39 is 5.97 Å². The molecule has 0 fully saturated rings. The Kier molecular flexibility index (Phi) is 3.23. The van der Waals surface area contributed by atoms with Crippen LogP contribution in [0.15, 0.2) is 11.1 Å². The largest absolute Gasteiger partial charge is 0.478 e. The first kappa shape index (κ1) is 7.46. The van der Waals surface area contributed by atoms with Crippen LogP contribution in [-0.2, 0) is 4.79 Å². The second-order valence-corrected chi connectivity index (χ2v) is 1.62. The third kappa shape index (κ3) is 3.64. The molecule has 8 heavy (non-hydrogen) atoms. The van der Waals surface area contributed by atoms with Gasteiger partial charge < -0.3 is 10.8 Å². The lowest BCUT2D eigenvalue weighted by atomic mass is 10.5. The first-order valence-corrected chi connectivity index (χ1v) is 2.33. The van der Waals surface area contributed by atoms with E-state index >= 15 is 0 Å². The molecule has 0 aromatic heterocycles. The average Bonchev–Trinajstić information content (AvgIpc) is 1.65. The number of carboxylic acids is 1. The molecule has 0 saturated heterocycles. The summed E-state index contributed by atoms with van der Waals surface area (Å²) in [5.41, 5.74) is 4.96. The summed E-state index contributed by atoms with van der Waals surface area (Å²) in [6.45, 7) is 0.0772. The van der Waals surface area contributed by atoms with E-state index in [1.807, 2.05) is 0 Å². The minimum Gasteiger partial charge on any atom is -0.478 e. The molecular weight excluding hydrogens is 130 g/mol. The molecule has 0 bridgehead atoms. The summed E-state index contributed by atoms with van der Waals surface area (Å²) in [4.78, 5) is 9.75. The normalized spacial score (nSPS) is 11.5. The van der Waals surface area contributed by atoms with Crippen molar-refractivity contribution in [2.75, 3.05) is 6.54 Å². The van der Waals surface area contributed by atoms with Crippen LogP contribution in [0.5, 0.6) is 0 Å². The van der Waals surface area contributed by atoms with Gasteiger partial charge >= 0.3 is 5.97 Å². The summed E-state index contributed by atoms with van der Waals surface area (Å²) >= 11 is 5.22. The summed E-state index contributed by atoms with van der Waals surface area (Å²) in [5, 5.41) is 8.15. The Hall–Kier alpha value is -0.540. The molecule has 0 amide bonds. The molecule has 3 N–H and O–H groups in total. The maximum atomic E-state index is 9.75. The number of hydrogen-bond donors (Lipinski definition) is 2. The van der Waals surface area contributed by atoms with Crippen molar-refractivity contribution in [2.45, 2.75) is 0 Å². The third-order valence-corrected chi connectivity index (χ3v) is 0.739. The third-order valence-electron chi connectivity index (χ3n) is 0.475. The highest BCUT2D eigenvalue weighted by molar-refractivity contribution is 6.31. The van der Waals surface area contributed by atoms with Crippen molar-refractivity contribution in [3.05, 3.63) is 11.1 Å². The summed E-state index contributed by atoms with van der Waals surface area (Å²) < 4.78 is 0. The number of carbonyl (C=O) groups is 1. The molecular formula is C4H6ClNO2. The quantitative estimate of drug-likeness (QED) is 0.530. The van der Waals surface area contributed by atoms with E-state index in [0.29, 0.717) is 0 Å². The number of aliphatic carboxylic acids is 1. The van der Waals surface area contributed by atoms with Gasteiger partial charge in [-0.05, 0) is 0 Å². The average molecular weight is 136 g/mol. The molecule has 0 aliphatic rings. The Morgan fingerprint density at radius 2 is 2.38 bits per heavy atom. The van der Waals surface area contributed by atoms with E-state index in [-0.39, 0.29) is 11.6 Å². The van der Waals surface area contributed by atoms with E-state index in [1.165, 1.54) is 0 Å². The van der Waals surface area contributed by atoms with Gasteiger partial charge in [0, 0.05) is 17.7 Å². The molecule has 0 spiro atoms. The summed E-state index contributed by atoms with van der Waals surface area (Å²) in [7, 11) is 0. The molecule has 0 aliphatic carbocycles. The monoisotopic (exact) mass is 135 g/mol. The predicted molar refractivity (Wildman–Crippen MR) is 30.6 cm³/mol. The van der Waals surface area contributed by atoms with Crippen molar-refractivity contribution < 1.29 is 9.90 Å². The molecule has 3 nitrogen and oxygen atoms in total. The zero-order valence-electron chi connectivity index (χ0n) is 4.10. The fourth-order valence-corrected chi connectivity index (χ4v) is 0.286. The van der Waals surface area contributed by atoms with Gasteiger partial charge in [-0.25, -0.2) is 4.79 Å². The van der Waals surface area contributed by atoms with Crippen LogP contribution in [0.1, 0.15) is 0 Å². The van der Waals surface area contributed by atoms with Crippen LogP contribution in [0.4, 0.5) is 0 Å². The minimum absolute atomic E-state index is 0.0772. The minimum atomic E-state index is -1.07. The zero-order chi connectivity index (χ0) is 6.57. The number of carboxylic acid groups (broad SMARTS) is 1. The smallest absolute Gasteiger partial charge is 0.329 e. The molecule has 0 aliphatic heterocycles. The highest BCUT2D eigenvalue weighted by Gasteiger charge is 1.90. The number of halogens is 1. The molecule has 0 heterocycles. The topological polar surface area (TPSA) is 63.3 Å². The molecule has 0 radical (unpaired) electrons. The second kappa shape index (κ2) is 3.46.